The number of hydrogen-bond donors (Lipinski definition) is 1. The maximum atomic E-state index is 13.0. The Morgan fingerprint density at radius 1 is 1.10 bits per heavy atom. The normalized spacial score (nSPS) is 23.6. The number of phenolic OH excluding ortho intramolecular Hbond substituents is 1. The number of halogens is 4. The Kier molecular flexibility index (Phi) is 4.40. The Balaban J connectivity index is 1.81. The SMILES string of the molecule is Oc1cc(F)cc(OCC2CCC(C(F)(F)F)CC2)c1. The fourth-order valence-corrected chi connectivity index (χ4v) is 2.50. The van der Waals surface area contributed by atoms with Crippen LogP contribution in [0.2, 0.25) is 0 Å². The smallest absolute Gasteiger partial charge is 0.391 e. The Morgan fingerprint density at radius 3 is 2.30 bits per heavy atom. The molecule has 112 valence electrons. The molecule has 0 unspecified atom stereocenters. The van der Waals surface area contributed by atoms with Gasteiger partial charge in [0, 0.05) is 18.2 Å². The summed E-state index contributed by atoms with van der Waals surface area (Å²) < 4.78 is 55.9. The van der Waals surface area contributed by atoms with Gasteiger partial charge in [0.25, 0.3) is 0 Å². The number of benzene rings is 1. The topological polar surface area (TPSA) is 29.5 Å². The Bertz CT molecular complexity index is 431. The molecule has 0 aliphatic heterocycles. The van der Waals surface area contributed by atoms with Crippen LogP contribution in [0.5, 0.6) is 11.5 Å². The first-order chi connectivity index (χ1) is 9.34. The highest BCUT2D eigenvalue weighted by atomic mass is 19.4. The van der Waals surface area contributed by atoms with Crippen LogP contribution in [0.25, 0.3) is 0 Å². The molecule has 1 N–H and O–H groups in total. The van der Waals surface area contributed by atoms with Crippen LogP contribution in [0, 0.1) is 17.7 Å². The molecule has 0 amide bonds. The number of alkyl halides is 3. The van der Waals surface area contributed by atoms with Crippen molar-refractivity contribution >= 4 is 0 Å². The fourth-order valence-electron chi connectivity index (χ4n) is 2.50. The molecule has 1 saturated carbocycles. The van der Waals surface area contributed by atoms with Crippen molar-refractivity contribution in [1.29, 1.82) is 0 Å². The summed E-state index contributed by atoms with van der Waals surface area (Å²) in [7, 11) is 0. The van der Waals surface area contributed by atoms with Gasteiger partial charge in [-0.1, -0.05) is 0 Å². The second kappa shape index (κ2) is 5.89. The van der Waals surface area contributed by atoms with Crippen LogP contribution in [0.3, 0.4) is 0 Å². The molecule has 1 aliphatic carbocycles. The monoisotopic (exact) mass is 292 g/mol. The summed E-state index contributed by atoms with van der Waals surface area (Å²) in [5.74, 6) is -1.82. The lowest BCUT2D eigenvalue weighted by molar-refractivity contribution is -0.184. The van der Waals surface area contributed by atoms with Gasteiger partial charge in [-0.15, -0.1) is 0 Å². The Morgan fingerprint density at radius 2 is 1.75 bits per heavy atom. The van der Waals surface area contributed by atoms with Crippen molar-refractivity contribution in [3.05, 3.63) is 24.0 Å². The summed E-state index contributed by atoms with van der Waals surface area (Å²) in [5, 5.41) is 9.21. The fraction of sp³-hybridized carbons (Fsp3) is 0.571. The molecule has 20 heavy (non-hydrogen) atoms. The van der Waals surface area contributed by atoms with E-state index in [9.17, 15) is 22.7 Å². The van der Waals surface area contributed by atoms with E-state index in [1.807, 2.05) is 0 Å². The molecule has 6 heteroatoms. The Labute approximate surface area is 114 Å². The minimum atomic E-state index is -4.11. The van der Waals surface area contributed by atoms with E-state index in [2.05, 4.69) is 0 Å². The van der Waals surface area contributed by atoms with Crippen molar-refractivity contribution in [2.45, 2.75) is 31.9 Å². The maximum absolute atomic E-state index is 13.0. The number of ether oxygens (including phenoxy) is 1. The van der Waals surface area contributed by atoms with Gasteiger partial charge in [-0.3, -0.25) is 0 Å². The molecular formula is C14H16F4O2. The van der Waals surface area contributed by atoms with Crippen LogP contribution in [-0.4, -0.2) is 17.9 Å². The molecule has 1 aromatic rings. The van der Waals surface area contributed by atoms with Crippen LogP contribution in [0.1, 0.15) is 25.7 Å². The lowest BCUT2D eigenvalue weighted by atomic mass is 9.82. The zero-order chi connectivity index (χ0) is 14.8. The predicted molar refractivity (Wildman–Crippen MR) is 65.1 cm³/mol. The van der Waals surface area contributed by atoms with Crippen molar-refractivity contribution in [2.24, 2.45) is 11.8 Å². The van der Waals surface area contributed by atoms with Gasteiger partial charge < -0.3 is 9.84 Å². The highest BCUT2D eigenvalue weighted by Gasteiger charge is 2.41. The van der Waals surface area contributed by atoms with Gasteiger partial charge in [-0.2, -0.15) is 13.2 Å². The van der Waals surface area contributed by atoms with Crippen LogP contribution < -0.4 is 4.74 Å². The second-order valence-corrected chi connectivity index (χ2v) is 5.22. The summed E-state index contributed by atoms with van der Waals surface area (Å²) in [4.78, 5) is 0. The maximum Gasteiger partial charge on any atom is 0.391 e. The highest BCUT2D eigenvalue weighted by molar-refractivity contribution is 5.32. The number of hydrogen-bond acceptors (Lipinski definition) is 2. The average Bonchev–Trinajstić information content (AvgIpc) is 2.35. The highest BCUT2D eigenvalue weighted by Crippen LogP contribution is 2.39. The molecule has 0 aromatic heterocycles. The largest absolute Gasteiger partial charge is 0.508 e. The van der Waals surface area contributed by atoms with E-state index in [-0.39, 0.29) is 36.9 Å². The number of aromatic hydroxyl groups is 1. The van der Waals surface area contributed by atoms with Gasteiger partial charge in [0.2, 0.25) is 0 Å². The van der Waals surface area contributed by atoms with Gasteiger partial charge in [0.15, 0.2) is 0 Å². The lowest BCUT2D eigenvalue weighted by Gasteiger charge is -2.29. The van der Waals surface area contributed by atoms with Crippen LogP contribution >= 0.6 is 0 Å². The number of rotatable bonds is 3. The average molecular weight is 292 g/mol. The summed E-state index contributed by atoms with van der Waals surface area (Å²) in [5.41, 5.74) is 0. The van der Waals surface area contributed by atoms with E-state index < -0.39 is 17.9 Å². The van der Waals surface area contributed by atoms with Gasteiger partial charge in [-0.25, -0.2) is 4.39 Å². The lowest BCUT2D eigenvalue weighted by Crippen LogP contribution is -2.29. The summed E-state index contributed by atoms with van der Waals surface area (Å²) in [6.07, 6.45) is -2.98. The van der Waals surface area contributed by atoms with E-state index in [0.29, 0.717) is 12.8 Å². The summed E-state index contributed by atoms with van der Waals surface area (Å²) >= 11 is 0. The van der Waals surface area contributed by atoms with Crippen molar-refractivity contribution in [1.82, 2.24) is 0 Å². The van der Waals surface area contributed by atoms with Crippen molar-refractivity contribution in [3.63, 3.8) is 0 Å². The van der Waals surface area contributed by atoms with Crippen molar-refractivity contribution in [2.75, 3.05) is 6.61 Å². The molecule has 1 aromatic carbocycles. The van der Waals surface area contributed by atoms with E-state index in [4.69, 9.17) is 4.74 Å². The number of phenols is 1. The molecule has 2 rings (SSSR count). The van der Waals surface area contributed by atoms with Crippen molar-refractivity contribution < 1.29 is 27.4 Å². The summed E-state index contributed by atoms with van der Waals surface area (Å²) in [6.45, 7) is 0.244. The first-order valence-electron chi connectivity index (χ1n) is 6.53. The molecule has 0 radical (unpaired) electrons. The van der Waals surface area contributed by atoms with E-state index >= 15 is 0 Å². The van der Waals surface area contributed by atoms with Crippen LogP contribution in [0.4, 0.5) is 17.6 Å². The minimum absolute atomic E-state index is 0.0408. The minimum Gasteiger partial charge on any atom is -0.508 e. The molecule has 1 aliphatic rings. The zero-order valence-corrected chi connectivity index (χ0v) is 10.8. The third-order valence-electron chi connectivity index (χ3n) is 3.65. The van der Waals surface area contributed by atoms with E-state index in [1.165, 1.54) is 6.07 Å². The standard InChI is InChI=1S/C14H16F4O2/c15-11-5-12(19)7-13(6-11)20-8-9-1-3-10(4-2-9)14(16,17)18/h5-7,9-10,19H,1-4,8H2. The van der Waals surface area contributed by atoms with Gasteiger partial charge >= 0.3 is 6.18 Å². The molecule has 2 nitrogen and oxygen atoms in total. The van der Waals surface area contributed by atoms with Crippen LogP contribution in [0.15, 0.2) is 18.2 Å². The molecule has 0 spiro atoms. The zero-order valence-electron chi connectivity index (χ0n) is 10.8. The quantitative estimate of drug-likeness (QED) is 0.843. The molecule has 0 saturated heterocycles. The van der Waals surface area contributed by atoms with Crippen LogP contribution in [-0.2, 0) is 0 Å². The molecule has 1 fully saturated rings. The van der Waals surface area contributed by atoms with Crippen molar-refractivity contribution in [3.8, 4) is 11.5 Å². The predicted octanol–water partition coefficient (Wildman–Crippen LogP) is 4.28. The summed E-state index contributed by atoms with van der Waals surface area (Å²) in [6, 6.07) is 3.38. The third-order valence-corrected chi connectivity index (χ3v) is 3.65. The molecule has 0 bridgehead atoms. The first-order valence-corrected chi connectivity index (χ1v) is 6.53. The second-order valence-electron chi connectivity index (χ2n) is 5.22. The van der Waals surface area contributed by atoms with Gasteiger partial charge in [0.1, 0.15) is 17.3 Å². The Hall–Kier alpha value is -1.46. The molecular weight excluding hydrogens is 276 g/mol. The molecule has 0 heterocycles. The van der Waals surface area contributed by atoms with E-state index in [1.54, 1.807) is 0 Å². The van der Waals surface area contributed by atoms with E-state index in [0.717, 1.165) is 12.1 Å². The third kappa shape index (κ3) is 4.02. The van der Waals surface area contributed by atoms with Gasteiger partial charge in [-0.05, 0) is 31.6 Å². The first kappa shape index (κ1) is 14.9. The molecule has 0 atom stereocenters. The van der Waals surface area contributed by atoms with Gasteiger partial charge in [0.05, 0.1) is 12.5 Å².